The third kappa shape index (κ3) is 3.51. The molecule has 2 aromatic carbocycles. The van der Waals surface area contributed by atoms with E-state index in [2.05, 4.69) is 0 Å². The number of benzene rings is 2. The minimum absolute atomic E-state index is 0.0341. The van der Waals surface area contributed by atoms with Gasteiger partial charge in [-0.05, 0) is 42.3 Å². The maximum Gasteiger partial charge on any atom is 0.254 e. The van der Waals surface area contributed by atoms with Crippen LogP contribution >= 0.6 is 23.2 Å². The van der Waals surface area contributed by atoms with E-state index in [0.29, 0.717) is 41.0 Å². The number of amides is 1. The normalized spacial score (nSPS) is 17.8. The fraction of sp³-hybridized carbons (Fsp3) is 0.278. The van der Waals surface area contributed by atoms with Crippen molar-refractivity contribution in [1.29, 1.82) is 0 Å². The molecule has 1 amide bonds. The molecule has 2 N–H and O–H groups in total. The molecule has 1 atom stereocenters. The molecule has 24 heavy (non-hydrogen) atoms. The van der Waals surface area contributed by atoms with Gasteiger partial charge in [0.15, 0.2) is 0 Å². The number of carbonyl (C=O) groups is 1. The molecule has 1 aliphatic rings. The fourth-order valence-corrected chi connectivity index (χ4v) is 3.09. The van der Waals surface area contributed by atoms with E-state index in [1.54, 1.807) is 29.2 Å². The molecule has 2 aromatic rings. The molecule has 0 aromatic heterocycles. The third-order valence-corrected chi connectivity index (χ3v) is 4.90. The van der Waals surface area contributed by atoms with Crippen molar-refractivity contribution in [3.8, 4) is 0 Å². The predicted molar refractivity (Wildman–Crippen MR) is 96.6 cm³/mol. The van der Waals surface area contributed by atoms with Crippen molar-refractivity contribution in [1.82, 2.24) is 4.90 Å². The first-order valence-electron chi connectivity index (χ1n) is 7.67. The van der Waals surface area contributed by atoms with Gasteiger partial charge >= 0.3 is 0 Å². The minimum Gasteiger partial charge on any atom is -0.399 e. The van der Waals surface area contributed by atoms with Crippen molar-refractivity contribution in [2.45, 2.75) is 13.0 Å². The zero-order valence-electron chi connectivity index (χ0n) is 13.3. The highest BCUT2D eigenvalue weighted by Gasteiger charge is 2.27. The lowest BCUT2D eigenvalue weighted by atomic mass is 10.0. The number of hydrogen-bond acceptors (Lipinski definition) is 3. The van der Waals surface area contributed by atoms with Crippen LogP contribution in [0.5, 0.6) is 0 Å². The van der Waals surface area contributed by atoms with Crippen molar-refractivity contribution < 1.29 is 9.53 Å². The Bertz CT molecular complexity index is 780. The summed E-state index contributed by atoms with van der Waals surface area (Å²) in [5.41, 5.74) is 8.85. The molecule has 3 rings (SSSR count). The topological polar surface area (TPSA) is 55.6 Å². The standard InChI is InChI=1S/C18H18Cl2N2O2/c1-11-2-4-13(21)9-14(11)18(23)22-6-7-24-17(10-22)12-3-5-15(19)16(20)8-12/h2-5,8-9,17H,6-7,10,21H2,1H3. The summed E-state index contributed by atoms with van der Waals surface area (Å²) in [6.45, 7) is 3.39. The van der Waals surface area contributed by atoms with Crippen molar-refractivity contribution in [2.24, 2.45) is 0 Å². The molecule has 0 bridgehead atoms. The molecule has 1 heterocycles. The van der Waals surface area contributed by atoms with Gasteiger partial charge in [0, 0.05) is 17.8 Å². The van der Waals surface area contributed by atoms with Gasteiger partial charge in [0.1, 0.15) is 6.10 Å². The molecule has 0 aliphatic carbocycles. The monoisotopic (exact) mass is 364 g/mol. The smallest absolute Gasteiger partial charge is 0.254 e. The first-order chi connectivity index (χ1) is 11.5. The van der Waals surface area contributed by atoms with Gasteiger partial charge in [-0.15, -0.1) is 0 Å². The van der Waals surface area contributed by atoms with Crippen molar-refractivity contribution in [3.05, 3.63) is 63.1 Å². The van der Waals surface area contributed by atoms with Crippen LogP contribution in [0.4, 0.5) is 5.69 Å². The van der Waals surface area contributed by atoms with Gasteiger partial charge < -0.3 is 15.4 Å². The second-order valence-electron chi connectivity index (χ2n) is 5.86. The molecule has 1 saturated heterocycles. The molecule has 6 heteroatoms. The van der Waals surface area contributed by atoms with E-state index >= 15 is 0 Å². The highest BCUT2D eigenvalue weighted by atomic mass is 35.5. The second kappa shape index (κ2) is 7.01. The molecule has 4 nitrogen and oxygen atoms in total. The Morgan fingerprint density at radius 3 is 2.75 bits per heavy atom. The van der Waals surface area contributed by atoms with Crippen LogP contribution in [-0.4, -0.2) is 30.5 Å². The van der Waals surface area contributed by atoms with Crippen LogP contribution in [0.1, 0.15) is 27.6 Å². The van der Waals surface area contributed by atoms with Crippen molar-refractivity contribution >= 4 is 34.8 Å². The second-order valence-corrected chi connectivity index (χ2v) is 6.67. The average Bonchev–Trinajstić information content (AvgIpc) is 2.59. The predicted octanol–water partition coefficient (Wildman–Crippen LogP) is 4.10. The number of halogens is 2. The summed E-state index contributed by atoms with van der Waals surface area (Å²) < 4.78 is 5.81. The first-order valence-corrected chi connectivity index (χ1v) is 8.43. The number of ether oxygens (including phenoxy) is 1. The summed E-state index contributed by atoms with van der Waals surface area (Å²) in [6, 6.07) is 10.8. The van der Waals surface area contributed by atoms with Crippen molar-refractivity contribution in [2.75, 3.05) is 25.4 Å². The Morgan fingerprint density at radius 1 is 1.21 bits per heavy atom. The van der Waals surface area contributed by atoms with Gasteiger partial charge in [-0.2, -0.15) is 0 Å². The Hall–Kier alpha value is -1.75. The first kappa shape index (κ1) is 17.1. The summed E-state index contributed by atoms with van der Waals surface area (Å²) in [5, 5.41) is 0.979. The number of carbonyl (C=O) groups excluding carboxylic acids is 1. The summed E-state index contributed by atoms with van der Waals surface area (Å²) in [4.78, 5) is 14.6. The lowest BCUT2D eigenvalue weighted by Crippen LogP contribution is -2.42. The third-order valence-electron chi connectivity index (χ3n) is 4.16. The van der Waals surface area contributed by atoms with E-state index in [-0.39, 0.29) is 12.0 Å². The molecule has 1 aliphatic heterocycles. The van der Waals surface area contributed by atoms with Crippen LogP contribution in [0.3, 0.4) is 0 Å². The Kier molecular flexibility index (Phi) is 4.99. The van der Waals surface area contributed by atoms with E-state index in [1.807, 2.05) is 19.1 Å². The minimum atomic E-state index is -0.223. The molecule has 126 valence electrons. The molecule has 0 saturated carbocycles. The van der Waals surface area contributed by atoms with Gasteiger partial charge in [-0.1, -0.05) is 35.3 Å². The van der Waals surface area contributed by atoms with Crippen LogP contribution in [0.15, 0.2) is 36.4 Å². The van der Waals surface area contributed by atoms with E-state index in [0.717, 1.165) is 11.1 Å². The number of hydrogen-bond donors (Lipinski definition) is 1. The van der Waals surface area contributed by atoms with Crippen LogP contribution < -0.4 is 5.73 Å². The molecule has 1 unspecified atom stereocenters. The number of nitrogen functional groups attached to an aromatic ring is 1. The maximum atomic E-state index is 12.8. The van der Waals surface area contributed by atoms with Gasteiger partial charge in [0.25, 0.3) is 5.91 Å². The lowest BCUT2D eigenvalue weighted by Gasteiger charge is -2.33. The number of rotatable bonds is 2. The number of nitrogens with two attached hydrogens (primary N) is 1. The summed E-state index contributed by atoms with van der Waals surface area (Å²) in [6.07, 6.45) is -0.223. The number of nitrogens with zero attached hydrogens (tertiary/aromatic N) is 1. The average molecular weight is 365 g/mol. The maximum absolute atomic E-state index is 12.8. The van der Waals surface area contributed by atoms with Gasteiger partial charge in [-0.25, -0.2) is 0 Å². The Balaban J connectivity index is 1.81. The lowest BCUT2D eigenvalue weighted by molar-refractivity contribution is -0.0228. The molecular formula is C18H18Cl2N2O2. The van der Waals surface area contributed by atoms with Crippen LogP contribution in [0, 0.1) is 6.92 Å². The SMILES string of the molecule is Cc1ccc(N)cc1C(=O)N1CCOC(c2ccc(Cl)c(Cl)c2)C1. The zero-order valence-corrected chi connectivity index (χ0v) is 14.8. The molecule has 0 spiro atoms. The van der Waals surface area contributed by atoms with Gasteiger partial charge in [-0.3, -0.25) is 4.79 Å². The van der Waals surface area contributed by atoms with Crippen molar-refractivity contribution in [3.63, 3.8) is 0 Å². The van der Waals surface area contributed by atoms with Gasteiger partial charge in [0.2, 0.25) is 0 Å². The van der Waals surface area contributed by atoms with E-state index < -0.39 is 0 Å². The largest absolute Gasteiger partial charge is 0.399 e. The number of anilines is 1. The number of morpholine rings is 1. The van der Waals surface area contributed by atoms with Crippen LogP contribution in [0.25, 0.3) is 0 Å². The Labute approximate surface area is 151 Å². The highest BCUT2D eigenvalue weighted by molar-refractivity contribution is 6.42. The van der Waals surface area contributed by atoms with E-state index in [9.17, 15) is 4.79 Å². The van der Waals surface area contributed by atoms with Gasteiger partial charge in [0.05, 0.1) is 23.2 Å². The summed E-state index contributed by atoms with van der Waals surface area (Å²) in [7, 11) is 0. The molecule has 0 radical (unpaired) electrons. The Morgan fingerprint density at radius 2 is 2.00 bits per heavy atom. The summed E-state index contributed by atoms with van der Waals surface area (Å²) in [5.74, 6) is -0.0341. The van der Waals surface area contributed by atoms with Crippen LogP contribution in [0.2, 0.25) is 10.0 Å². The van der Waals surface area contributed by atoms with E-state index in [4.69, 9.17) is 33.7 Å². The quantitative estimate of drug-likeness (QED) is 0.816. The van der Waals surface area contributed by atoms with Crippen LogP contribution in [-0.2, 0) is 4.74 Å². The zero-order chi connectivity index (χ0) is 17.3. The highest BCUT2D eigenvalue weighted by Crippen LogP contribution is 2.29. The summed E-state index contributed by atoms with van der Waals surface area (Å²) >= 11 is 12.0. The van der Waals surface area contributed by atoms with E-state index in [1.165, 1.54) is 0 Å². The fourth-order valence-electron chi connectivity index (χ4n) is 2.79. The molecular weight excluding hydrogens is 347 g/mol. The molecule has 1 fully saturated rings. The number of aryl methyl sites for hydroxylation is 1.